The molecule has 0 bridgehead atoms. The van der Waals surface area contributed by atoms with Crippen LogP contribution < -0.4 is 10.6 Å². The highest BCUT2D eigenvalue weighted by Crippen LogP contribution is 2.25. The van der Waals surface area contributed by atoms with E-state index in [0.717, 1.165) is 17.1 Å². The van der Waals surface area contributed by atoms with Crippen molar-refractivity contribution in [1.29, 1.82) is 0 Å². The summed E-state index contributed by atoms with van der Waals surface area (Å²) >= 11 is 0. The van der Waals surface area contributed by atoms with Crippen LogP contribution in [0.15, 0.2) is 35.7 Å². The predicted molar refractivity (Wildman–Crippen MR) is 79.0 cm³/mol. The zero-order chi connectivity index (χ0) is 14.7. The van der Waals surface area contributed by atoms with Crippen LogP contribution in [0.1, 0.15) is 17.0 Å². The van der Waals surface area contributed by atoms with Gasteiger partial charge in [-0.3, -0.25) is 0 Å². The monoisotopic (exact) mass is 273 g/mol. The van der Waals surface area contributed by atoms with Crippen molar-refractivity contribution in [1.82, 2.24) is 9.55 Å². The number of para-hydroxylation sites is 1. The molecule has 20 heavy (non-hydrogen) atoms. The Kier molecular flexibility index (Phi) is 3.93. The summed E-state index contributed by atoms with van der Waals surface area (Å²) in [4.78, 5) is 6.36. The van der Waals surface area contributed by atoms with Crippen molar-refractivity contribution in [2.75, 3.05) is 11.9 Å². The van der Waals surface area contributed by atoms with Gasteiger partial charge in [-0.1, -0.05) is 17.3 Å². The first-order chi connectivity index (χ1) is 9.54. The zero-order valence-electron chi connectivity index (χ0n) is 11.9. The number of rotatable bonds is 4. The van der Waals surface area contributed by atoms with Crippen LogP contribution in [0.4, 0.5) is 5.69 Å². The van der Waals surface area contributed by atoms with E-state index in [0.29, 0.717) is 12.1 Å². The highest BCUT2D eigenvalue weighted by molar-refractivity contribution is 6.02. The first-order valence-electron chi connectivity index (χ1n) is 6.29. The van der Waals surface area contributed by atoms with Crippen LogP contribution in [-0.4, -0.2) is 27.6 Å². The molecule has 0 aliphatic rings. The molecule has 0 amide bonds. The highest BCUT2D eigenvalue weighted by Gasteiger charge is 2.15. The molecule has 3 N–H and O–H groups in total. The standard InChI is InChI=1S/C14H19N5O/c1-10-5-4-6-11(14(15)17-20)13(10)19(3)9-12-16-7-8-18(12)2/h4-8,20H,9H2,1-3H3,(H2,15,17). The number of amidine groups is 1. The molecule has 0 aliphatic carbocycles. The van der Waals surface area contributed by atoms with Gasteiger partial charge in [0.05, 0.1) is 12.2 Å². The lowest BCUT2D eigenvalue weighted by atomic mass is 10.1. The van der Waals surface area contributed by atoms with Crippen molar-refractivity contribution >= 4 is 11.5 Å². The van der Waals surface area contributed by atoms with Gasteiger partial charge in [0, 0.05) is 32.1 Å². The van der Waals surface area contributed by atoms with Crippen molar-refractivity contribution in [3.05, 3.63) is 47.5 Å². The maximum atomic E-state index is 8.91. The van der Waals surface area contributed by atoms with E-state index in [9.17, 15) is 0 Å². The molecule has 0 saturated carbocycles. The van der Waals surface area contributed by atoms with Crippen LogP contribution in [0.2, 0.25) is 0 Å². The summed E-state index contributed by atoms with van der Waals surface area (Å²) in [6, 6.07) is 5.73. The van der Waals surface area contributed by atoms with Crippen LogP contribution >= 0.6 is 0 Å². The van der Waals surface area contributed by atoms with E-state index in [4.69, 9.17) is 10.9 Å². The van der Waals surface area contributed by atoms with Crippen molar-refractivity contribution < 1.29 is 5.21 Å². The fraction of sp³-hybridized carbons (Fsp3) is 0.286. The maximum absolute atomic E-state index is 8.91. The molecule has 6 nitrogen and oxygen atoms in total. The fourth-order valence-electron chi connectivity index (χ4n) is 2.27. The van der Waals surface area contributed by atoms with Crippen LogP contribution in [-0.2, 0) is 13.6 Å². The molecule has 0 atom stereocenters. The van der Waals surface area contributed by atoms with Crippen LogP contribution in [0.25, 0.3) is 0 Å². The van der Waals surface area contributed by atoms with Gasteiger partial charge in [-0.25, -0.2) is 4.98 Å². The van der Waals surface area contributed by atoms with E-state index >= 15 is 0 Å². The second-order valence-corrected chi connectivity index (χ2v) is 4.77. The van der Waals surface area contributed by atoms with Gasteiger partial charge in [0.2, 0.25) is 0 Å². The quantitative estimate of drug-likeness (QED) is 0.382. The van der Waals surface area contributed by atoms with Crippen molar-refractivity contribution in [3.63, 3.8) is 0 Å². The zero-order valence-corrected chi connectivity index (χ0v) is 11.9. The summed E-state index contributed by atoms with van der Waals surface area (Å²) in [5.74, 6) is 1.05. The minimum Gasteiger partial charge on any atom is -0.409 e. The number of hydrogen-bond acceptors (Lipinski definition) is 4. The number of imidazole rings is 1. The van der Waals surface area contributed by atoms with E-state index < -0.39 is 0 Å². The molecule has 0 radical (unpaired) electrons. The van der Waals surface area contributed by atoms with Crippen molar-refractivity contribution in [2.45, 2.75) is 13.5 Å². The molecule has 2 aromatic rings. The van der Waals surface area contributed by atoms with E-state index in [2.05, 4.69) is 10.1 Å². The van der Waals surface area contributed by atoms with Gasteiger partial charge >= 0.3 is 0 Å². The molecular formula is C14H19N5O. The summed E-state index contributed by atoms with van der Waals surface area (Å²) in [5, 5.41) is 12.0. The molecule has 0 unspecified atom stereocenters. The van der Waals surface area contributed by atoms with Gasteiger partial charge in [-0.15, -0.1) is 0 Å². The summed E-state index contributed by atoms with van der Waals surface area (Å²) < 4.78 is 1.97. The van der Waals surface area contributed by atoms with Crippen LogP contribution in [0.5, 0.6) is 0 Å². The van der Waals surface area contributed by atoms with Crippen molar-refractivity contribution in [2.24, 2.45) is 17.9 Å². The number of aryl methyl sites for hydroxylation is 2. The smallest absolute Gasteiger partial charge is 0.172 e. The Morgan fingerprint density at radius 3 is 2.85 bits per heavy atom. The van der Waals surface area contributed by atoms with Crippen molar-refractivity contribution in [3.8, 4) is 0 Å². The van der Waals surface area contributed by atoms with Gasteiger partial charge in [0.15, 0.2) is 5.84 Å². The molecular weight excluding hydrogens is 254 g/mol. The number of nitrogens with zero attached hydrogens (tertiary/aromatic N) is 4. The Balaban J connectivity index is 2.39. The predicted octanol–water partition coefficient (Wildman–Crippen LogP) is 1.46. The molecule has 1 aromatic carbocycles. The second kappa shape index (κ2) is 5.64. The fourth-order valence-corrected chi connectivity index (χ4v) is 2.27. The first kappa shape index (κ1) is 13.9. The van der Waals surface area contributed by atoms with Gasteiger partial charge in [0.1, 0.15) is 5.82 Å². The average molecular weight is 273 g/mol. The van der Waals surface area contributed by atoms with Gasteiger partial charge in [-0.05, 0) is 18.6 Å². The molecule has 2 rings (SSSR count). The van der Waals surface area contributed by atoms with Crippen LogP contribution in [0.3, 0.4) is 0 Å². The Hall–Kier alpha value is -2.50. The largest absolute Gasteiger partial charge is 0.409 e. The maximum Gasteiger partial charge on any atom is 0.172 e. The van der Waals surface area contributed by atoms with Gasteiger partial charge in [0.25, 0.3) is 0 Å². The lowest BCUT2D eigenvalue weighted by Crippen LogP contribution is -2.24. The molecule has 1 heterocycles. The van der Waals surface area contributed by atoms with E-state index in [1.807, 2.05) is 54.9 Å². The summed E-state index contributed by atoms with van der Waals surface area (Å²) in [6.45, 7) is 2.64. The van der Waals surface area contributed by atoms with E-state index in [-0.39, 0.29) is 5.84 Å². The minimum absolute atomic E-state index is 0.107. The number of oxime groups is 1. The number of anilines is 1. The number of benzene rings is 1. The molecule has 6 heteroatoms. The van der Waals surface area contributed by atoms with Gasteiger partial charge in [-0.2, -0.15) is 0 Å². The number of hydrogen-bond donors (Lipinski definition) is 2. The first-order valence-corrected chi connectivity index (χ1v) is 6.29. The molecule has 106 valence electrons. The lowest BCUT2D eigenvalue weighted by Gasteiger charge is -2.24. The SMILES string of the molecule is Cc1cccc(/C(N)=N/O)c1N(C)Cc1nccn1C. The Morgan fingerprint density at radius 1 is 1.50 bits per heavy atom. The topological polar surface area (TPSA) is 79.7 Å². The Labute approximate surface area is 118 Å². The molecule has 0 fully saturated rings. The summed E-state index contributed by atoms with van der Waals surface area (Å²) in [6.07, 6.45) is 3.68. The second-order valence-electron chi connectivity index (χ2n) is 4.77. The third kappa shape index (κ3) is 2.59. The summed E-state index contributed by atoms with van der Waals surface area (Å²) in [7, 11) is 3.92. The number of nitrogens with two attached hydrogens (primary N) is 1. The molecule has 0 saturated heterocycles. The summed E-state index contributed by atoms with van der Waals surface area (Å²) in [5.41, 5.74) is 8.47. The lowest BCUT2D eigenvalue weighted by molar-refractivity contribution is 0.318. The van der Waals surface area contributed by atoms with Crippen LogP contribution in [0, 0.1) is 6.92 Å². The Bertz CT molecular complexity index is 632. The third-order valence-electron chi connectivity index (χ3n) is 3.30. The van der Waals surface area contributed by atoms with E-state index in [1.54, 1.807) is 6.20 Å². The number of aromatic nitrogens is 2. The van der Waals surface area contributed by atoms with Gasteiger partial charge < -0.3 is 20.4 Å². The van der Waals surface area contributed by atoms with E-state index in [1.165, 1.54) is 0 Å². The normalized spacial score (nSPS) is 11.7. The highest BCUT2D eigenvalue weighted by atomic mass is 16.4. The minimum atomic E-state index is 0.107. The molecule has 0 spiro atoms. The Morgan fingerprint density at radius 2 is 2.25 bits per heavy atom. The molecule has 1 aromatic heterocycles. The molecule has 0 aliphatic heterocycles. The average Bonchev–Trinajstić information content (AvgIpc) is 2.82. The third-order valence-corrected chi connectivity index (χ3v) is 3.30.